The molecule has 0 radical (unpaired) electrons. The van der Waals surface area contributed by atoms with E-state index in [1.807, 2.05) is 243 Å². The molecule has 0 fully saturated rings. The van der Waals surface area contributed by atoms with Crippen molar-refractivity contribution in [3.05, 3.63) is 287 Å². The molecule has 0 unspecified atom stereocenters. The van der Waals surface area contributed by atoms with E-state index in [0.717, 1.165) is 83.7 Å². The van der Waals surface area contributed by atoms with E-state index in [1.165, 1.54) is 0 Å². The van der Waals surface area contributed by atoms with Crippen molar-refractivity contribution in [2.24, 2.45) is 0 Å². The number of hydrogen-bond donors (Lipinski definition) is 0. The first-order valence-corrected chi connectivity index (χ1v) is 23.2. The van der Waals surface area contributed by atoms with Gasteiger partial charge < -0.3 is 101 Å². The molecule has 0 amide bonds. The van der Waals surface area contributed by atoms with Crippen LogP contribution in [0, 0.1) is 0 Å². The molecule has 0 saturated carbocycles. The van der Waals surface area contributed by atoms with Crippen molar-refractivity contribution in [2.45, 2.75) is 0 Å². The number of hydrogen-bond acceptors (Lipinski definition) is 8. The predicted octanol–water partition coefficient (Wildman–Crippen LogP) is 14.4. The van der Waals surface area contributed by atoms with E-state index in [9.17, 15) is 0 Å². The van der Waals surface area contributed by atoms with Gasteiger partial charge >= 0.3 is 33.0 Å². The fraction of sp³-hybridized carbons (Fsp3) is 0. The maximum absolute atomic E-state index is 5.38. The van der Waals surface area contributed by atoms with Gasteiger partial charge in [0.25, 0.3) is 0 Å². The van der Waals surface area contributed by atoms with Crippen LogP contribution in [-0.2, 0) is 134 Å². The number of benzene rings is 8. The Labute approximate surface area is 455 Å². The van der Waals surface area contributed by atoms with Gasteiger partial charge in [-0.05, 0) is 44.5 Å². The van der Waals surface area contributed by atoms with Gasteiger partial charge in [-0.2, -0.15) is 39.2 Å². The minimum absolute atomic E-state index is 0. The summed E-state index contributed by atoms with van der Waals surface area (Å²) in [5, 5.41) is 0. The van der Waals surface area contributed by atoms with Crippen LogP contribution in [-0.4, -0.2) is 0 Å². The Morgan fingerprint density at radius 2 is 0.227 bits per heavy atom. The molecule has 0 heterocycles. The second-order valence-electron chi connectivity index (χ2n) is 13.6. The third-order valence-electron chi connectivity index (χ3n) is 9.11. The second kappa shape index (κ2) is 30.7. The molecular formula is C56H40Ni2S8-4. The van der Waals surface area contributed by atoms with E-state index in [4.69, 9.17) is 101 Å². The third-order valence-corrected chi connectivity index (χ3v) is 13.1. The molecule has 0 aliphatic rings. The zero-order valence-electron chi connectivity index (χ0n) is 35.0. The van der Waals surface area contributed by atoms with Gasteiger partial charge in [-0.3, -0.25) is 0 Å². The molecule has 8 aromatic rings. The summed E-state index contributed by atoms with van der Waals surface area (Å²) < 4.78 is 0. The SMILES string of the molecule is [Ni+2].[Ni+2].[S-]C(=C([S-])c1ccccc1)c1ccccc1.[S-]C(=C([S-])c1ccccc1)c1ccccc1.[S-]C(=C([S-])c1ccccc1)c1ccccc1.[S-]C(=C([S-])c1ccccc1)c1ccccc1. The van der Waals surface area contributed by atoms with Crippen LogP contribution >= 0.6 is 0 Å². The van der Waals surface area contributed by atoms with Gasteiger partial charge in [0.05, 0.1) is 0 Å². The first kappa shape index (κ1) is 55.8. The molecule has 0 saturated heterocycles. The fourth-order valence-corrected chi connectivity index (χ4v) is 7.80. The molecule has 336 valence electrons. The summed E-state index contributed by atoms with van der Waals surface area (Å²) in [4.78, 5) is 5.90. The van der Waals surface area contributed by atoms with Crippen molar-refractivity contribution >= 4 is 140 Å². The third kappa shape index (κ3) is 17.6. The monoisotopic (exact) mass is 1080 g/mol. The largest absolute Gasteiger partial charge is 2.00 e. The van der Waals surface area contributed by atoms with Gasteiger partial charge in [-0.25, -0.2) is 0 Å². The van der Waals surface area contributed by atoms with Crippen molar-refractivity contribution in [2.75, 3.05) is 0 Å². The van der Waals surface area contributed by atoms with Crippen molar-refractivity contribution < 1.29 is 33.0 Å². The zero-order chi connectivity index (χ0) is 45.5. The van der Waals surface area contributed by atoms with Crippen molar-refractivity contribution in [1.82, 2.24) is 0 Å². The average Bonchev–Trinajstić information content (AvgIpc) is 3.39. The smallest absolute Gasteiger partial charge is 0.781 e. The van der Waals surface area contributed by atoms with Crippen LogP contribution in [0.5, 0.6) is 0 Å². The van der Waals surface area contributed by atoms with Crippen LogP contribution in [0.2, 0.25) is 0 Å². The minimum Gasteiger partial charge on any atom is -0.781 e. The van der Waals surface area contributed by atoms with Crippen LogP contribution in [0.4, 0.5) is 0 Å². The van der Waals surface area contributed by atoms with Gasteiger partial charge in [0.2, 0.25) is 0 Å². The van der Waals surface area contributed by atoms with Gasteiger partial charge in [0.15, 0.2) is 0 Å². The summed E-state index contributed by atoms with van der Waals surface area (Å²) in [5.41, 5.74) is 8.05. The van der Waals surface area contributed by atoms with Crippen molar-refractivity contribution in [3.63, 3.8) is 0 Å². The molecular weight excluding hydrogens is 1050 g/mol. The Balaban J connectivity index is 0.000000231. The Morgan fingerprint density at radius 1 is 0.152 bits per heavy atom. The Bertz CT molecular complexity index is 2160. The van der Waals surface area contributed by atoms with Crippen LogP contribution < -0.4 is 0 Å². The molecule has 10 heteroatoms. The van der Waals surface area contributed by atoms with Gasteiger partial charge in [0, 0.05) is 0 Å². The van der Waals surface area contributed by atoms with Crippen LogP contribution in [0.15, 0.2) is 243 Å². The number of rotatable bonds is 8. The molecule has 0 aromatic heterocycles. The van der Waals surface area contributed by atoms with E-state index in [-0.39, 0.29) is 33.0 Å². The topological polar surface area (TPSA) is 0 Å². The van der Waals surface area contributed by atoms with Crippen LogP contribution in [0.25, 0.3) is 39.2 Å². The van der Waals surface area contributed by atoms with E-state index < -0.39 is 0 Å². The Hall–Kier alpha value is -4.53. The molecule has 0 spiro atoms. The molecule has 0 bridgehead atoms. The first-order valence-electron chi connectivity index (χ1n) is 19.9. The molecule has 8 rings (SSSR count). The second-order valence-corrected chi connectivity index (χ2v) is 16.8. The van der Waals surface area contributed by atoms with Crippen molar-refractivity contribution in [1.29, 1.82) is 0 Å². The Morgan fingerprint density at radius 3 is 0.303 bits per heavy atom. The standard InChI is InChI=1S/4C14H12S2.2Ni/c4*15-13(11-7-3-1-4-8-11)14(16)12-9-5-2-6-10-12;;/h4*1-10,15-16H;;/q;;;;2*+2/p-8. The van der Waals surface area contributed by atoms with Crippen LogP contribution in [0.1, 0.15) is 44.5 Å². The summed E-state index contributed by atoms with van der Waals surface area (Å²) in [7, 11) is 0. The molecule has 0 aliphatic carbocycles. The van der Waals surface area contributed by atoms with Crippen LogP contribution in [0.3, 0.4) is 0 Å². The molecule has 0 atom stereocenters. The normalized spacial score (nSPS) is 11.6. The summed E-state index contributed by atoms with van der Waals surface area (Å²) >= 11 is 43.1. The van der Waals surface area contributed by atoms with Gasteiger partial charge in [-0.1, -0.05) is 243 Å². The summed E-state index contributed by atoms with van der Waals surface area (Å²) in [6, 6.07) is 79.0. The summed E-state index contributed by atoms with van der Waals surface area (Å²) in [6.07, 6.45) is 0. The van der Waals surface area contributed by atoms with Gasteiger partial charge in [-0.15, -0.1) is 0 Å². The van der Waals surface area contributed by atoms with E-state index in [2.05, 4.69) is 0 Å². The minimum atomic E-state index is 0. The van der Waals surface area contributed by atoms with Crippen molar-refractivity contribution in [3.8, 4) is 0 Å². The van der Waals surface area contributed by atoms with Gasteiger partial charge in [0.1, 0.15) is 0 Å². The maximum Gasteiger partial charge on any atom is 2.00 e. The predicted molar refractivity (Wildman–Crippen MR) is 298 cm³/mol. The molecule has 0 N–H and O–H groups in total. The average molecular weight is 1090 g/mol. The fourth-order valence-electron chi connectivity index (χ4n) is 5.76. The van der Waals surface area contributed by atoms with E-state index in [0.29, 0.717) is 0 Å². The maximum atomic E-state index is 5.38. The van der Waals surface area contributed by atoms with E-state index >= 15 is 0 Å². The molecule has 8 aromatic carbocycles. The first-order chi connectivity index (χ1) is 31.2. The molecule has 0 aliphatic heterocycles. The Kier molecular flexibility index (Phi) is 25.9. The summed E-state index contributed by atoms with van der Waals surface area (Å²) in [6.45, 7) is 0. The molecule has 66 heavy (non-hydrogen) atoms. The zero-order valence-corrected chi connectivity index (χ0v) is 43.5. The molecule has 0 nitrogen and oxygen atoms in total. The summed E-state index contributed by atoms with van der Waals surface area (Å²) in [5.74, 6) is 0. The quantitative estimate of drug-likeness (QED) is 0.0828. The van der Waals surface area contributed by atoms with E-state index in [1.54, 1.807) is 0 Å².